The maximum atomic E-state index is 12.1. The summed E-state index contributed by atoms with van der Waals surface area (Å²) in [5.74, 6) is -0.615. The smallest absolute Gasteiger partial charge is 0.326 e. The van der Waals surface area contributed by atoms with Crippen molar-refractivity contribution < 1.29 is 19.4 Å². The van der Waals surface area contributed by atoms with Crippen LogP contribution in [0.2, 0.25) is 0 Å². The molecule has 24 heavy (non-hydrogen) atoms. The van der Waals surface area contributed by atoms with Crippen molar-refractivity contribution in [1.29, 1.82) is 0 Å². The molecule has 0 saturated carbocycles. The van der Waals surface area contributed by atoms with Crippen molar-refractivity contribution >= 4 is 11.9 Å². The summed E-state index contributed by atoms with van der Waals surface area (Å²) in [5, 5.41) is 11.9. The van der Waals surface area contributed by atoms with Crippen LogP contribution in [0.1, 0.15) is 18.1 Å². The lowest BCUT2D eigenvalue weighted by Gasteiger charge is -2.15. The van der Waals surface area contributed by atoms with Crippen molar-refractivity contribution in [2.75, 3.05) is 6.61 Å². The van der Waals surface area contributed by atoms with Crippen molar-refractivity contribution in [3.05, 3.63) is 65.7 Å². The first-order chi connectivity index (χ1) is 11.6. The summed E-state index contributed by atoms with van der Waals surface area (Å²) >= 11 is 0. The van der Waals surface area contributed by atoms with Crippen molar-refractivity contribution in [3.8, 4) is 5.75 Å². The number of amides is 1. The van der Waals surface area contributed by atoms with E-state index in [-0.39, 0.29) is 18.7 Å². The predicted octanol–water partition coefficient (Wildman–Crippen LogP) is 2.44. The average Bonchev–Trinajstić information content (AvgIpc) is 2.57. The van der Waals surface area contributed by atoms with Crippen LogP contribution < -0.4 is 10.1 Å². The molecule has 126 valence electrons. The van der Waals surface area contributed by atoms with Gasteiger partial charge in [-0.2, -0.15) is 0 Å². The molecule has 2 N–H and O–H groups in total. The molecule has 0 fully saturated rings. The maximum absolute atomic E-state index is 12.1. The zero-order chi connectivity index (χ0) is 17.4. The molecule has 0 aliphatic rings. The monoisotopic (exact) mass is 327 g/mol. The fourth-order valence-corrected chi connectivity index (χ4v) is 2.35. The highest BCUT2D eigenvalue weighted by molar-refractivity contribution is 5.85. The van der Waals surface area contributed by atoms with Gasteiger partial charge in [0.1, 0.15) is 11.8 Å². The van der Waals surface area contributed by atoms with Gasteiger partial charge in [-0.1, -0.05) is 42.5 Å². The Morgan fingerprint density at radius 1 is 1.04 bits per heavy atom. The van der Waals surface area contributed by atoms with Crippen LogP contribution in [0.5, 0.6) is 5.75 Å². The van der Waals surface area contributed by atoms with Crippen LogP contribution in [0.3, 0.4) is 0 Å². The number of carbonyl (C=O) groups excluding carboxylic acids is 1. The Labute approximate surface area is 141 Å². The fourth-order valence-electron chi connectivity index (χ4n) is 2.35. The van der Waals surface area contributed by atoms with Crippen LogP contribution in [-0.2, 0) is 22.4 Å². The summed E-state index contributed by atoms with van der Waals surface area (Å²) in [7, 11) is 0. The number of nitrogens with one attached hydrogen (secondary N) is 1. The maximum Gasteiger partial charge on any atom is 0.326 e. The zero-order valence-corrected chi connectivity index (χ0v) is 13.6. The summed E-state index contributed by atoms with van der Waals surface area (Å²) in [5.41, 5.74) is 1.67. The van der Waals surface area contributed by atoms with Crippen molar-refractivity contribution in [1.82, 2.24) is 5.32 Å². The molecule has 0 radical (unpaired) electrons. The molecule has 1 amide bonds. The molecule has 2 aromatic rings. The van der Waals surface area contributed by atoms with Crippen molar-refractivity contribution in [3.63, 3.8) is 0 Å². The lowest BCUT2D eigenvalue weighted by molar-refractivity contribution is -0.141. The van der Waals surface area contributed by atoms with Gasteiger partial charge in [0, 0.05) is 6.42 Å². The summed E-state index contributed by atoms with van der Waals surface area (Å²) in [6.45, 7) is 2.49. The molecule has 1 atom stereocenters. The Hall–Kier alpha value is -2.82. The minimum Gasteiger partial charge on any atom is -0.494 e. The Morgan fingerprint density at radius 2 is 1.71 bits per heavy atom. The second-order valence-corrected chi connectivity index (χ2v) is 5.40. The van der Waals surface area contributed by atoms with E-state index in [0.29, 0.717) is 6.61 Å². The summed E-state index contributed by atoms with van der Waals surface area (Å²) in [4.78, 5) is 23.5. The molecule has 5 nitrogen and oxygen atoms in total. The van der Waals surface area contributed by atoms with E-state index in [1.807, 2.05) is 37.3 Å². The number of hydrogen-bond acceptors (Lipinski definition) is 3. The van der Waals surface area contributed by atoms with Crippen molar-refractivity contribution in [2.24, 2.45) is 0 Å². The van der Waals surface area contributed by atoms with Crippen molar-refractivity contribution in [2.45, 2.75) is 25.8 Å². The topological polar surface area (TPSA) is 75.6 Å². The second kappa shape index (κ2) is 8.72. The van der Waals surface area contributed by atoms with Gasteiger partial charge in [0.2, 0.25) is 5.91 Å². The molecule has 0 unspecified atom stereocenters. The molecule has 0 spiro atoms. The molecule has 0 bridgehead atoms. The Morgan fingerprint density at radius 3 is 2.29 bits per heavy atom. The normalized spacial score (nSPS) is 11.5. The fraction of sp³-hybridized carbons (Fsp3) is 0.263. The molecule has 0 aliphatic carbocycles. The lowest BCUT2D eigenvalue weighted by Crippen LogP contribution is -2.43. The van der Waals surface area contributed by atoms with E-state index in [2.05, 4.69) is 5.32 Å². The molecular formula is C19H21NO4. The Bertz CT molecular complexity index is 668. The molecule has 0 aliphatic heterocycles. The zero-order valence-electron chi connectivity index (χ0n) is 13.6. The Kier molecular flexibility index (Phi) is 6.37. The van der Waals surface area contributed by atoms with Gasteiger partial charge in [-0.3, -0.25) is 4.79 Å². The summed E-state index contributed by atoms with van der Waals surface area (Å²) < 4.78 is 5.35. The minimum absolute atomic E-state index is 0.130. The van der Waals surface area contributed by atoms with Crippen LogP contribution in [0.4, 0.5) is 0 Å². The molecule has 0 heterocycles. The van der Waals surface area contributed by atoms with Gasteiger partial charge >= 0.3 is 5.97 Å². The molecule has 5 heteroatoms. The van der Waals surface area contributed by atoms with Crippen LogP contribution in [-0.4, -0.2) is 29.6 Å². The summed E-state index contributed by atoms with van der Waals surface area (Å²) in [6, 6.07) is 15.5. The number of rotatable bonds is 8. The lowest BCUT2D eigenvalue weighted by atomic mass is 10.1. The van der Waals surface area contributed by atoms with E-state index in [1.54, 1.807) is 24.3 Å². The van der Waals surface area contributed by atoms with Gasteiger partial charge in [-0.05, 0) is 30.2 Å². The van der Waals surface area contributed by atoms with Gasteiger partial charge in [-0.25, -0.2) is 4.79 Å². The number of ether oxygens (including phenoxy) is 1. The number of carbonyl (C=O) groups is 2. The van der Waals surface area contributed by atoms with E-state index in [9.17, 15) is 14.7 Å². The third-order valence-corrected chi connectivity index (χ3v) is 3.52. The van der Waals surface area contributed by atoms with Gasteiger partial charge in [-0.15, -0.1) is 0 Å². The van der Waals surface area contributed by atoms with Gasteiger partial charge in [0.05, 0.1) is 13.0 Å². The molecular weight excluding hydrogens is 306 g/mol. The minimum atomic E-state index is -1.04. The summed E-state index contributed by atoms with van der Waals surface area (Å²) in [6.07, 6.45) is 0.385. The van der Waals surface area contributed by atoms with E-state index in [1.165, 1.54) is 0 Å². The van der Waals surface area contributed by atoms with Gasteiger partial charge < -0.3 is 15.2 Å². The van der Waals surface area contributed by atoms with Gasteiger partial charge in [0.15, 0.2) is 0 Å². The third kappa shape index (κ3) is 5.43. The van der Waals surface area contributed by atoms with Crippen LogP contribution in [0.15, 0.2) is 54.6 Å². The molecule has 0 saturated heterocycles. The number of aliphatic carboxylic acids is 1. The SMILES string of the molecule is CCOc1ccc(CC(=O)N[C@@H](Cc2ccccc2)C(=O)O)cc1. The first-order valence-corrected chi connectivity index (χ1v) is 7.86. The highest BCUT2D eigenvalue weighted by Crippen LogP contribution is 2.12. The van der Waals surface area contributed by atoms with E-state index in [0.717, 1.165) is 16.9 Å². The third-order valence-electron chi connectivity index (χ3n) is 3.52. The van der Waals surface area contributed by atoms with E-state index < -0.39 is 12.0 Å². The largest absolute Gasteiger partial charge is 0.494 e. The van der Waals surface area contributed by atoms with Crippen LogP contribution >= 0.6 is 0 Å². The number of carboxylic acid groups (broad SMARTS) is 1. The van der Waals surface area contributed by atoms with Gasteiger partial charge in [0.25, 0.3) is 0 Å². The standard InChI is InChI=1S/C19H21NO4/c1-2-24-16-10-8-15(9-11-16)13-18(21)20-17(19(22)23)12-14-6-4-3-5-7-14/h3-11,17H,2,12-13H2,1H3,(H,20,21)(H,22,23)/t17-/m0/s1. The number of hydrogen-bond donors (Lipinski definition) is 2. The predicted molar refractivity (Wildman–Crippen MR) is 91.0 cm³/mol. The Balaban J connectivity index is 1.94. The first kappa shape index (κ1) is 17.5. The quantitative estimate of drug-likeness (QED) is 0.781. The average molecular weight is 327 g/mol. The first-order valence-electron chi connectivity index (χ1n) is 7.86. The second-order valence-electron chi connectivity index (χ2n) is 5.40. The van der Waals surface area contributed by atoms with Crippen LogP contribution in [0.25, 0.3) is 0 Å². The highest BCUT2D eigenvalue weighted by Gasteiger charge is 2.20. The molecule has 2 aromatic carbocycles. The van der Waals surface area contributed by atoms with Crippen LogP contribution in [0, 0.1) is 0 Å². The highest BCUT2D eigenvalue weighted by atomic mass is 16.5. The molecule has 2 rings (SSSR count). The van der Waals surface area contributed by atoms with E-state index in [4.69, 9.17) is 4.74 Å². The number of benzene rings is 2. The molecule has 0 aromatic heterocycles. The van der Waals surface area contributed by atoms with E-state index >= 15 is 0 Å². The number of carboxylic acids is 1.